The van der Waals surface area contributed by atoms with Crippen molar-refractivity contribution in [2.45, 2.75) is 36.9 Å². The summed E-state index contributed by atoms with van der Waals surface area (Å²) in [6.45, 7) is 0. The van der Waals surface area contributed by atoms with Gasteiger partial charge < -0.3 is 4.74 Å². The highest BCUT2D eigenvalue weighted by molar-refractivity contribution is 9.09. The van der Waals surface area contributed by atoms with Crippen molar-refractivity contribution >= 4 is 39.1 Å². The number of benzene rings is 1. The fourth-order valence-corrected chi connectivity index (χ4v) is 4.15. The lowest BCUT2D eigenvalue weighted by Gasteiger charge is -2.27. The van der Waals surface area contributed by atoms with Crippen LogP contribution in [0.4, 0.5) is 0 Å². The Bertz CT molecular complexity index is 417. The minimum Gasteiger partial charge on any atom is -0.495 e. The van der Waals surface area contributed by atoms with E-state index in [2.05, 4.69) is 15.9 Å². The number of rotatable bonds is 3. The molecule has 0 aliphatic heterocycles. The lowest BCUT2D eigenvalue weighted by atomic mass is 9.85. The van der Waals surface area contributed by atoms with Crippen molar-refractivity contribution < 1.29 is 4.74 Å². The molecule has 1 aliphatic carbocycles. The van der Waals surface area contributed by atoms with E-state index in [-0.39, 0.29) is 4.83 Å². The highest BCUT2D eigenvalue weighted by atomic mass is 79.9. The zero-order valence-electron chi connectivity index (χ0n) is 10.4. The molecule has 0 bridgehead atoms. The highest BCUT2D eigenvalue weighted by Gasteiger charge is 2.25. The SMILES string of the molecule is COc1cc(Cl)c(C(Br)C2CCCCC2)cc1Cl. The molecular formula is C14H17BrCl2O. The molecule has 18 heavy (non-hydrogen) atoms. The van der Waals surface area contributed by atoms with Crippen LogP contribution in [0.15, 0.2) is 12.1 Å². The number of halogens is 3. The van der Waals surface area contributed by atoms with Gasteiger partial charge in [0.15, 0.2) is 0 Å². The monoisotopic (exact) mass is 350 g/mol. The Morgan fingerprint density at radius 2 is 1.83 bits per heavy atom. The molecule has 1 nitrogen and oxygen atoms in total. The Labute approximate surface area is 127 Å². The molecule has 1 unspecified atom stereocenters. The van der Waals surface area contributed by atoms with Gasteiger partial charge in [0, 0.05) is 15.9 Å². The van der Waals surface area contributed by atoms with Crippen molar-refractivity contribution in [2.24, 2.45) is 5.92 Å². The molecule has 100 valence electrons. The van der Waals surface area contributed by atoms with Crippen molar-refractivity contribution in [3.63, 3.8) is 0 Å². The van der Waals surface area contributed by atoms with E-state index >= 15 is 0 Å². The minimum absolute atomic E-state index is 0.286. The summed E-state index contributed by atoms with van der Waals surface area (Å²) in [7, 11) is 1.60. The Balaban J connectivity index is 2.23. The van der Waals surface area contributed by atoms with Gasteiger partial charge in [0.2, 0.25) is 0 Å². The van der Waals surface area contributed by atoms with E-state index in [0.29, 0.717) is 16.7 Å². The number of methoxy groups -OCH3 is 1. The van der Waals surface area contributed by atoms with Crippen LogP contribution >= 0.6 is 39.1 Å². The summed E-state index contributed by atoms with van der Waals surface area (Å²) in [5.74, 6) is 1.29. The van der Waals surface area contributed by atoms with Gasteiger partial charge in [0.1, 0.15) is 5.75 Å². The molecular weight excluding hydrogens is 335 g/mol. The fourth-order valence-electron chi connectivity index (χ4n) is 2.59. The summed E-state index contributed by atoms with van der Waals surface area (Å²) in [4.78, 5) is 0.286. The van der Waals surface area contributed by atoms with Crippen LogP contribution in [-0.4, -0.2) is 7.11 Å². The first-order valence-electron chi connectivity index (χ1n) is 6.30. The Morgan fingerprint density at radius 1 is 1.17 bits per heavy atom. The van der Waals surface area contributed by atoms with Crippen LogP contribution in [0, 0.1) is 5.92 Å². The molecule has 0 spiro atoms. The molecule has 0 aromatic heterocycles. The van der Waals surface area contributed by atoms with Crippen LogP contribution < -0.4 is 4.74 Å². The zero-order valence-corrected chi connectivity index (χ0v) is 13.5. The molecule has 1 fully saturated rings. The van der Waals surface area contributed by atoms with Gasteiger partial charge in [-0.3, -0.25) is 0 Å². The molecule has 4 heteroatoms. The standard InChI is InChI=1S/C14H17BrCl2O/c1-18-13-8-11(16)10(7-12(13)17)14(15)9-5-3-2-4-6-9/h7-9,14H,2-6H2,1H3. The lowest BCUT2D eigenvalue weighted by Crippen LogP contribution is -2.12. The van der Waals surface area contributed by atoms with Crippen molar-refractivity contribution in [3.8, 4) is 5.75 Å². The van der Waals surface area contributed by atoms with E-state index in [0.717, 1.165) is 10.6 Å². The normalized spacial score (nSPS) is 18.7. The van der Waals surface area contributed by atoms with E-state index < -0.39 is 0 Å². The van der Waals surface area contributed by atoms with Gasteiger partial charge >= 0.3 is 0 Å². The molecule has 1 aliphatic rings. The zero-order chi connectivity index (χ0) is 13.1. The van der Waals surface area contributed by atoms with Crippen molar-refractivity contribution in [1.29, 1.82) is 0 Å². The molecule has 1 saturated carbocycles. The van der Waals surface area contributed by atoms with Gasteiger partial charge in [-0.1, -0.05) is 58.4 Å². The third kappa shape index (κ3) is 3.15. The average Bonchev–Trinajstić information content (AvgIpc) is 2.41. The number of hydrogen-bond acceptors (Lipinski definition) is 1. The van der Waals surface area contributed by atoms with Crippen molar-refractivity contribution in [3.05, 3.63) is 27.7 Å². The molecule has 1 atom stereocenters. The summed E-state index contributed by atoms with van der Waals surface area (Å²) in [5, 5.41) is 1.35. The predicted molar refractivity (Wildman–Crippen MR) is 81.3 cm³/mol. The molecule has 0 amide bonds. The minimum atomic E-state index is 0.286. The van der Waals surface area contributed by atoms with E-state index in [9.17, 15) is 0 Å². The Morgan fingerprint density at radius 3 is 2.44 bits per heavy atom. The summed E-state index contributed by atoms with van der Waals surface area (Å²) in [6.07, 6.45) is 6.50. The average molecular weight is 352 g/mol. The van der Waals surface area contributed by atoms with Crippen LogP contribution in [0.3, 0.4) is 0 Å². The molecule has 1 aromatic rings. The van der Waals surface area contributed by atoms with Gasteiger partial charge in [-0.25, -0.2) is 0 Å². The Kier molecular flexibility index (Phi) is 5.23. The van der Waals surface area contributed by atoms with E-state index in [1.54, 1.807) is 13.2 Å². The summed E-state index contributed by atoms with van der Waals surface area (Å²) >= 11 is 16.3. The predicted octanol–water partition coefficient (Wildman–Crippen LogP) is 6.02. The van der Waals surface area contributed by atoms with E-state index in [4.69, 9.17) is 27.9 Å². The first kappa shape index (κ1) is 14.5. The van der Waals surface area contributed by atoms with E-state index in [1.807, 2.05) is 6.07 Å². The molecule has 0 N–H and O–H groups in total. The maximum absolute atomic E-state index is 6.33. The van der Waals surface area contributed by atoms with Gasteiger partial charge in [0.25, 0.3) is 0 Å². The third-order valence-corrected chi connectivity index (χ3v) is 5.50. The van der Waals surface area contributed by atoms with Crippen LogP contribution in [-0.2, 0) is 0 Å². The van der Waals surface area contributed by atoms with Crippen LogP contribution in [0.2, 0.25) is 10.0 Å². The topological polar surface area (TPSA) is 9.23 Å². The smallest absolute Gasteiger partial charge is 0.138 e. The van der Waals surface area contributed by atoms with E-state index in [1.165, 1.54) is 32.1 Å². The van der Waals surface area contributed by atoms with Gasteiger partial charge in [0.05, 0.1) is 12.1 Å². The van der Waals surface area contributed by atoms with Crippen molar-refractivity contribution in [1.82, 2.24) is 0 Å². The van der Waals surface area contributed by atoms with Crippen molar-refractivity contribution in [2.75, 3.05) is 7.11 Å². The summed E-state index contributed by atoms with van der Waals surface area (Å²) in [5.41, 5.74) is 1.08. The number of alkyl halides is 1. The van der Waals surface area contributed by atoms with Gasteiger partial charge in [-0.2, -0.15) is 0 Å². The first-order valence-corrected chi connectivity index (χ1v) is 7.97. The summed E-state index contributed by atoms with van der Waals surface area (Å²) in [6, 6.07) is 3.73. The molecule has 1 aromatic carbocycles. The van der Waals surface area contributed by atoms with Crippen LogP contribution in [0.5, 0.6) is 5.75 Å². The molecule has 0 saturated heterocycles. The molecule has 0 heterocycles. The second kappa shape index (κ2) is 6.49. The fraction of sp³-hybridized carbons (Fsp3) is 0.571. The maximum atomic E-state index is 6.33. The highest BCUT2D eigenvalue weighted by Crippen LogP contribution is 2.44. The maximum Gasteiger partial charge on any atom is 0.138 e. The molecule has 0 radical (unpaired) electrons. The third-order valence-electron chi connectivity index (χ3n) is 3.63. The quantitative estimate of drug-likeness (QED) is 0.605. The summed E-state index contributed by atoms with van der Waals surface area (Å²) < 4.78 is 5.17. The van der Waals surface area contributed by atoms with Gasteiger partial charge in [-0.05, 0) is 30.4 Å². The van der Waals surface area contributed by atoms with Crippen LogP contribution in [0.25, 0.3) is 0 Å². The van der Waals surface area contributed by atoms with Gasteiger partial charge in [-0.15, -0.1) is 0 Å². The Hall–Kier alpha value is 0.0800. The van der Waals surface area contributed by atoms with Crippen LogP contribution in [0.1, 0.15) is 42.5 Å². The first-order chi connectivity index (χ1) is 8.63. The molecule has 2 rings (SSSR count). The number of ether oxygens (including phenoxy) is 1. The second-order valence-corrected chi connectivity index (χ2v) is 6.61. The number of hydrogen-bond donors (Lipinski definition) is 0. The second-order valence-electron chi connectivity index (χ2n) is 4.81. The lowest BCUT2D eigenvalue weighted by molar-refractivity contribution is 0.354. The largest absolute Gasteiger partial charge is 0.495 e.